The summed E-state index contributed by atoms with van der Waals surface area (Å²) in [7, 11) is 1.46. The standard InChI is InChI=1S/C21H21FN6O4/c1-29-28-18-12-4-5-32-19(12)15(9-14(18)23)26-20-13(22)10-24-21(27-20)25-11-2-3-16-17(8-11)31-7-6-30-16/h2-3,8-10,14H,4-7,23H2,1H3,(H2,24,25,26,27). The van der Waals surface area contributed by atoms with Crippen LogP contribution in [0.25, 0.3) is 0 Å². The number of hydrogen-bond donors (Lipinski definition) is 3. The molecule has 2 aliphatic heterocycles. The van der Waals surface area contributed by atoms with E-state index < -0.39 is 11.9 Å². The molecule has 0 fully saturated rings. The van der Waals surface area contributed by atoms with Crippen molar-refractivity contribution in [3.63, 3.8) is 0 Å². The summed E-state index contributed by atoms with van der Waals surface area (Å²) in [5.41, 5.74) is 8.83. The van der Waals surface area contributed by atoms with E-state index in [2.05, 4.69) is 25.8 Å². The zero-order valence-corrected chi connectivity index (χ0v) is 17.2. The van der Waals surface area contributed by atoms with E-state index >= 15 is 0 Å². The largest absolute Gasteiger partial charge is 0.491 e. The lowest BCUT2D eigenvalue weighted by Crippen LogP contribution is -2.34. The highest BCUT2D eigenvalue weighted by molar-refractivity contribution is 6.07. The highest BCUT2D eigenvalue weighted by Gasteiger charge is 2.32. The molecule has 11 heteroatoms. The van der Waals surface area contributed by atoms with Gasteiger partial charge in [0.15, 0.2) is 23.1 Å². The number of halogens is 1. The van der Waals surface area contributed by atoms with Gasteiger partial charge in [0.2, 0.25) is 5.95 Å². The second-order valence-corrected chi connectivity index (χ2v) is 7.17. The van der Waals surface area contributed by atoms with E-state index in [1.54, 1.807) is 24.3 Å². The van der Waals surface area contributed by atoms with Gasteiger partial charge in [0.1, 0.15) is 31.8 Å². The van der Waals surface area contributed by atoms with Crippen molar-refractivity contribution >= 4 is 23.2 Å². The average Bonchev–Trinajstić information content (AvgIpc) is 3.29. The normalized spacial score (nSPS) is 20.4. The molecule has 4 N–H and O–H groups in total. The Hall–Kier alpha value is -3.86. The molecular formula is C21H21FN6O4. The van der Waals surface area contributed by atoms with Crippen LogP contribution in [0.1, 0.15) is 6.42 Å². The number of rotatable bonds is 5. The SMILES string of the molecule is CON=C1C2=C(OCC2)C(Nc2nc(Nc3ccc4c(c3)OCCO4)ncc2F)=CC1N. The minimum atomic E-state index is -0.622. The molecular weight excluding hydrogens is 419 g/mol. The van der Waals surface area contributed by atoms with E-state index in [1.165, 1.54) is 7.11 Å². The smallest absolute Gasteiger partial charge is 0.229 e. The lowest BCUT2D eigenvalue weighted by atomic mass is 9.94. The molecule has 1 aromatic heterocycles. The van der Waals surface area contributed by atoms with Gasteiger partial charge in [0, 0.05) is 23.7 Å². The Morgan fingerprint density at radius 1 is 1.16 bits per heavy atom. The first-order chi connectivity index (χ1) is 15.6. The van der Waals surface area contributed by atoms with Crippen molar-refractivity contribution in [2.75, 3.05) is 37.6 Å². The van der Waals surface area contributed by atoms with Crippen LogP contribution in [-0.2, 0) is 9.57 Å². The van der Waals surface area contributed by atoms with E-state index in [1.807, 2.05) is 0 Å². The molecule has 0 bridgehead atoms. The summed E-state index contributed by atoms with van der Waals surface area (Å²) in [5, 5.41) is 10.0. The van der Waals surface area contributed by atoms with Crippen molar-refractivity contribution in [3.05, 3.63) is 53.3 Å². The molecule has 1 aliphatic carbocycles. The Morgan fingerprint density at radius 2 is 2.00 bits per heavy atom. The van der Waals surface area contributed by atoms with Crippen LogP contribution in [0, 0.1) is 5.82 Å². The summed E-state index contributed by atoms with van der Waals surface area (Å²) in [6.07, 6.45) is 3.41. The minimum Gasteiger partial charge on any atom is -0.491 e. The van der Waals surface area contributed by atoms with Gasteiger partial charge in [-0.25, -0.2) is 9.37 Å². The molecule has 0 saturated heterocycles. The summed E-state index contributed by atoms with van der Waals surface area (Å²) >= 11 is 0. The predicted molar refractivity (Wildman–Crippen MR) is 114 cm³/mol. The maximum atomic E-state index is 14.5. The van der Waals surface area contributed by atoms with Crippen LogP contribution >= 0.6 is 0 Å². The Morgan fingerprint density at radius 3 is 2.84 bits per heavy atom. The number of hydrogen-bond acceptors (Lipinski definition) is 10. The fourth-order valence-corrected chi connectivity index (χ4v) is 3.68. The first-order valence-electron chi connectivity index (χ1n) is 10.0. The van der Waals surface area contributed by atoms with Crippen LogP contribution in [0.4, 0.5) is 21.8 Å². The highest BCUT2D eigenvalue weighted by Crippen LogP contribution is 2.34. The van der Waals surface area contributed by atoms with Crippen LogP contribution in [0.3, 0.4) is 0 Å². The second-order valence-electron chi connectivity index (χ2n) is 7.17. The lowest BCUT2D eigenvalue weighted by molar-refractivity contribution is 0.171. The van der Waals surface area contributed by atoms with Gasteiger partial charge in [-0.15, -0.1) is 0 Å². The number of fused-ring (bicyclic) bond motifs is 1. The van der Waals surface area contributed by atoms with Crippen LogP contribution in [-0.4, -0.2) is 48.7 Å². The molecule has 1 aromatic carbocycles. The third kappa shape index (κ3) is 3.78. The molecule has 1 atom stereocenters. The monoisotopic (exact) mass is 440 g/mol. The van der Waals surface area contributed by atoms with Gasteiger partial charge < -0.3 is 35.4 Å². The number of benzene rings is 1. The van der Waals surface area contributed by atoms with Crippen molar-refractivity contribution in [1.82, 2.24) is 9.97 Å². The Balaban J connectivity index is 1.39. The summed E-state index contributed by atoms with van der Waals surface area (Å²) in [6.45, 7) is 1.46. The van der Waals surface area contributed by atoms with Crippen LogP contribution in [0.2, 0.25) is 0 Å². The molecule has 166 valence electrons. The van der Waals surface area contributed by atoms with Gasteiger partial charge >= 0.3 is 0 Å². The molecule has 0 saturated carbocycles. The number of nitrogens with zero attached hydrogens (tertiary/aromatic N) is 3. The lowest BCUT2D eigenvalue weighted by Gasteiger charge is -2.22. The fourth-order valence-electron chi connectivity index (χ4n) is 3.68. The number of nitrogens with one attached hydrogen (secondary N) is 2. The number of aromatic nitrogens is 2. The summed E-state index contributed by atoms with van der Waals surface area (Å²) in [4.78, 5) is 13.2. The van der Waals surface area contributed by atoms with Crippen LogP contribution < -0.4 is 25.8 Å². The van der Waals surface area contributed by atoms with Gasteiger partial charge in [-0.1, -0.05) is 5.16 Å². The van der Waals surface area contributed by atoms with Crippen molar-refractivity contribution in [3.8, 4) is 11.5 Å². The summed E-state index contributed by atoms with van der Waals surface area (Å²) in [5.74, 6) is 1.41. The van der Waals surface area contributed by atoms with Crippen molar-refractivity contribution in [2.45, 2.75) is 12.5 Å². The molecule has 3 heterocycles. The van der Waals surface area contributed by atoms with Gasteiger partial charge in [-0.2, -0.15) is 4.98 Å². The Labute approximate surface area is 182 Å². The van der Waals surface area contributed by atoms with Gasteiger partial charge in [0.25, 0.3) is 0 Å². The minimum absolute atomic E-state index is 0.0204. The van der Waals surface area contributed by atoms with Gasteiger partial charge in [-0.3, -0.25) is 0 Å². The zero-order valence-electron chi connectivity index (χ0n) is 17.2. The van der Waals surface area contributed by atoms with Crippen molar-refractivity contribution < 1.29 is 23.4 Å². The first-order valence-corrected chi connectivity index (χ1v) is 10.0. The maximum absolute atomic E-state index is 14.5. The molecule has 1 unspecified atom stereocenters. The van der Waals surface area contributed by atoms with Gasteiger partial charge in [0.05, 0.1) is 24.5 Å². The molecule has 0 radical (unpaired) electrons. The first kappa shape index (κ1) is 20.1. The number of oxime groups is 1. The highest BCUT2D eigenvalue weighted by atomic mass is 19.1. The third-order valence-electron chi connectivity index (χ3n) is 5.07. The van der Waals surface area contributed by atoms with E-state index in [4.69, 9.17) is 24.8 Å². The topological polar surface area (TPSA) is 125 Å². The van der Waals surface area contributed by atoms with Crippen LogP contribution in [0.15, 0.2) is 52.7 Å². The predicted octanol–water partition coefficient (Wildman–Crippen LogP) is 2.44. The third-order valence-corrected chi connectivity index (χ3v) is 5.07. The van der Waals surface area contributed by atoms with Crippen molar-refractivity contribution in [2.24, 2.45) is 10.9 Å². The van der Waals surface area contributed by atoms with Crippen molar-refractivity contribution in [1.29, 1.82) is 0 Å². The molecule has 10 nitrogen and oxygen atoms in total. The number of nitrogens with two attached hydrogens (primary N) is 1. The molecule has 0 spiro atoms. The Kier molecular flexibility index (Phi) is 5.23. The number of ether oxygens (including phenoxy) is 3. The fraction of sp³-hybridized carbons (Fsp3) is 0.286. The Bertz CT molecular complexity index is 1150. The molecule has 0 amide bonds. The van der Waals surface area contributed by atoms with E-state index in [0.29, 0.717) is 60.6 Å². The van der Waals surface area contributed by atoms with Crippen LogP contribution in [0.5, 0.6) is 11.5 Å². The van der Waals surface area contributed by atoms with E-state index in [-0.39, 0.29) is 11.8 Å². The summed E-state index contributed by atoms with van der Waals surface area (Å²) < 4.78 is 31.4. The van der Waals surface area contributed by atoms with E-state index in [9.17, 15) is 4.39 Å². The quantitative estimate of drug-likeness (QED) is 0.601. The number of anilines is 3. The zero-order chi connectivity index (χ0) is 22.1. The van der Waals surface area contributed by atoms with Gasteiger partial charge in [-0.05, 0) is 18.2 Å². The molecule has 32 heavy (non-hydrogen) atoms. The van der Waals surface area contributed by atoms with E-state index in [0.717, 1.165) is 11.8 Å². The average molecular weight is 440 g/mol. The summed E-state index contributed by atoms with van der Waals surface area (Å²) in [6, 6.07) is 4.84. The molecule has 3 aliphatic rings. The molecule has 5 rings (SSSR count). The molecule has 2 aromatic rings. The maximum Gasteiger partial charge on any atom is 0.229 e. The second kappa shape index (κ2) is 8.35.